The maximum Gasteiger partial charge on any atom is 0.128 e. The minimum absolute atomic E-state index is 0.233. The first-order valence-corrected chi connectivity index (χ1v) is 6.72. The topological polar surface area (TPSA) is 29.3 Å². The van der Waals surface area contributed by atoms with E-state index in [2.05, 4.69) is 11.8 Å². The lowest BCUT2D eigenvalue weighted by Gasteiger charge is -2.17. The van der Waals surface area contributed by atoms with Crippen molar-refractivity contribution in [1.29, 1.82) is 0 Å². The average Bonchev–Trinajstić information content (AvgIpc) is 2.32. The summed E-state index contributed by atoms with van der Waals surface area (Å²) >= 11 is 4.82. The second-order valence-electron chi connectivity index (χ2n) is 4.62. The molecule has 0 radical (unpaired) electrons. The largest absolute Gasteiger partial charge is 0.389 e. The molecule has 1 aromatic rings. The molecule has 0 saturated heterocycles. The molecule has 0 fully saturated rings. The SMILES string of the molecule is CCCCCN(C)Cc1ccc(C(N)=S)cc1F. The number of benzene rings is 1. The van der Waals surface area contributed by atoms with E-state index in [-0.39, 0.29) is 10.8 Å². The highest BCUT2D eigenvalue weighted by Gasteiger charge is 2.07. The molecule has 1 rings (SSSR count). The summed E-state index contributed by atoms with van der Waals surface area (Å²) in [6.45, 7) is 3.78. The quantitative estimate of drug-likeness (QED) is 0.608. The standard InChI is InChI=1S/C14H21FN2S/c1-3-4-5-8-17(2)10-12-7-6-11(14(16)18)9-13(12)15/h6-7,9H,3-5,8,10H2,1-2H3,(H2,16,18). The maximum absolute atomic E-state index is 13.8. The van der Waals surface area contributed by atoms with E-state index in [1.807, 2.05) is 7.05 Å². The van der Waals surface area contributed by atoms with Crippen LogP contribution in [0.25, 0.3) is 0 Å². The Labute approximate surface area is 114 Å². The van der Waals surface area contributed by atoms with Crippen LogP contribution in [-0.2, 0) is 6.54 Å². The van der Waals surface area contributed by atoms with Crippen LogP contribution < -0.4 is 5.73 Å². The van der Waals surface area contributed by atoms with Crippen LogP contribution in [-0.4, -0.2) is 23.5 Å². The second-order valence-corrected chi connectivity index (χ2v) is 5.06. The zero-order valence-corrected chi connectivity index (χ0v) is 11.9. The van der Waals surface area contributed by atoms with Crippen molar-refractivity contribution in [3.8, 4) is 0 Å². The van der Waals surface area contributed by atoms with Crippen molar-refractivity contribution in [1.82, 2.24) is 4.90 Å². The van der Waals surface area contributed by atoms with E-state index in [4.69, 9.17) is 18.0 Å². The van der Waals surface area contributed by atoms with Gasteiger partial charge in [-0.15, -0.1) is 0 Å². The summed E-state index contributed by atoms with van der Waals surface area (Å²) in [5.41, 5.74) is 6.74. The van der Waals surface area contributed by atoms with E-state index >= 15 is 0 Å². The number of nitrogens with two attached hydrogens (primary N) is 1. The lowest BCUT2D eigenvalue weighted by Crippen LogP contribution is -2.20. The molecule has 0 aliphatic heterocycles. The average molecular weight is 268 g/mol. The summed E-state index contributed by atoms with van der Waals surface area (Å²) in [5.74, 6) is -0.234. The highest BCUT2D eigenvalue weighted by molar-refractivity contribution is 7.80. The summed E-state index contributed by atoms with van der Waals surface area (Å²) < 4.78 is 13.8. The summed E-state index contributed by atoms with van der Waals surface area (Å²) in [4.78, 5) is 2.37. The van der Waals surface area contributed by atoms with Gasteiger partial charge in [0.2, 0.25) is 0 Å². The summed E-state index contributed by atoms with van der Waals surface area (Å²) in [6.07, 6.45) is 3.57. The fraction of sp³-hybridized carbons (Fsp3) is 0.500. The Bertz CT molecular complexity index is 407. The molecule has 0 saturated carbocycles. The van der Waals surface area contributed by atoms with Gasteiger partial charge in [-0.05, 0) is 26.1 Å². The van der Waals surface area contributed by atoms with Gasteiger partial charge in [0.15, 0.2) is 0 Å². The number of unbranched alkanes of at least 4 members (excludes halogenated alkanes) is 2. The zero-order chi connectivity index (χ0) is 13.5. The third-order valence-electron chi connectivity index (χ3n) is 2.92. The normalized spacial score (nSPS) is 10.9. The van der Waals surface area contributed by atoms with Crippen LogP contribution in [0.1, 0.15) is 37.3 Å². The lowest BCUT2D eigenvalue weighted by molar-refractivity contribution is 0.313. The van der Waals surface area contributed by atoms with Crippen LogP contribution in [0.4, 0.5) is 4.39 Å². The molecule has 0 aromatic heterocycles. The number of hydrogen-bond acceptors (Lipinski definition) is 2. The lowest BCUT2D eigenvalue weighted by atomic mass is 10.1. The van der Waals surface area contributed by atoms with Crippen LogP contribution >= 0.6 is 12.2 Å². The van der Waals surface area contributed by atoms with E-state index in [1.54, 1.807) is 12.1 Å². The highest BCUT2D eigenvalue weighted by Crippen LogP contribution is 2.13. The molecule has 0 amide bonds. The molecule has 0 spiro atoms. The van der Waals surface area contributed by atoms with Crippen molar-refractivity contribution in [2.24, 2.45) is 5.73 Å². The van der Waals surface area contributed by atoms with E-state index in [0.29, 0.717) is 17.7 Å². The number of hydrogen-bond donors (Lipinski definition) is 1. The van der Waals surface area contributed by atoms with Crippen LogP contribution in [0, 0.1) is 5.82 Å². The van der Waals surface area contributed by atoms with Gasteiger partial charge in [0.05, 0.1) is 0 Å². The Hall–Kier alpha value is -1.00. The number of thiocarbonyl (C=S) groups is 1. The number of halogens is 1. The van der Waals surface area contributed by atoms with Crippen LogP contribution in [0.3, 0.4) is 0 Å². The van der Waals surface area contributed by atoms with Crippen molar-refractivity contribution < 1.29 is 4.39 Å². The van der Waals surface area contributed by atoms with Gasteiger partial charge in [0, 0.05) is 17.7 Å². The molecule has 2 N–H and O–H groups in total. The molecule has 0 aliphatic carbocycles. The predicted molar refractivity (Wildman–Crippen MR) is 78.1 cm³/mol. The van der Waals surface area contributed by atoms with Crippen molar-refractivity contribution >= 4 is 17.2 Å². The fourth-order valence-corrected chi connectivity index (χ4v) is 1.96. The van der Waals surface area contributed by atoms with Gasteiger partial charge in [-0.1, -0.05) is 44.1 Å². The van der Waals surface area contributed by atoms with E-state index in [0.717, 1.165) is 13.0 Å². The van der Waals surface area contributed by atoms with Gasteiger partial charge in [0.1, 0.15) is 10.8 Å². The molecule has 0 atom stereocenters. The minimum Gasteiger partial charge on any atom is -0.389 e. The molecule has 0 unspecified atom stereocenters. The smallest absolute Gasteiger partial charge is 0.128 e. The summed E-state index contributed by atoms with van der Waals surface area (Å²) in [6, 6.07) is 4.96. The second kappa shape index (κ2) is 7.44. The van der Waals surface area contributed by atoms with Gasteiger partial charge < -0.3 is 10.6 Å². The van der Waals surface area contributed by atoms with Crippen molar-refractivity contribution in [3.63, 3.8) is 0 Å². The number of nitrogens with zero attached hydrogens (tertiary/aromatic N) is 1. The van der Waals surface area contributed by atoms with Gasteiger partial charge in [-0.25, -0.2) is 4.39 Å². The van der Waals surface area contributed by atoms with Gasteiger partial charge in [0.25, 0.3) is 0 Å². The highest BCUT2D eigenvalue weighted by atomic mass is 32.1. The van der Waals surface area contributed by atoms with Crippen LogP contribution in [0.5, 0.6) is 0 Å². The monoisotopic (exact) mass is 268 g/mol. The molecule has 4 heteroatoms. The molecular formula is C14H21FN2S. The Balaban J connectivity index is 2.59. The molecule has 100 valence electrons. The van der Waals surface area contributed by atoms with Gasteiger partial charge in [-0.3, -0.25) is 0 Å². The van der Waals surface area contributed by atoms with E-state index in [1.165, 1.54) is 18.9 Å². The Morgan fingerprint density at radius 2 is 2.11 bits per heavy atom. The van der Waals surface area contributed by atoms with Crippen LogP contribution in [0.15, 0.2) is 18.2 Å². The molecular weight excluding hydrogens is 247 g/mol. The minimum atomic E-state index is -0.234. The molecule has 1 aromatic carbocycles. The first kappa shape index (κ1) is 15.1. The molecule has 18 heavy (non-hydrogen) atoms. The number of rotatable bonds is 7. The third-order valence-corrected chi connectivity index (χ3v) is 3.16. The van der Waals surface area contributed by atoms with Gasteiger partial charge >= 0.3 is 0 Å². The third kappa shape index (κ3) is 4.70. The van der Waals surface area contributed by atoms with Crippen molar-refractivity contribution in [2.75, 3.05) is 13.6 Å². The summed E-state index contributed by atoms with van der Waals surface area (Å²) in [5, 5.41) is 0. The van der Waals surface area contributed by atoms with Crippen molar-refractivity contribution in [3.05, 3.63) is 35.1 Å². The predicted octanol–water partition coefficient (Wildman–Crippen LogP) is 3.08. The maximum atomic E-state index is 13.8. The zero-order valence-electron chi connectivity index (χ0n) is 11.1. The van der Waals surface area contributed by atoms with Crippen LogP contribution in [0.2, 0.25) is 0 Å². The molecule has 0 bridgehead atoms. The first-order chi connectivity index (χ1) is 8.54. The van der Waals surface area contributed by atoms with Gasteiger partial charge in [-0.2, -0.15) is 0 Å². The first-order valence-electron chi connectivity index (χ1n) is 6.31. The Kier molecular flexibility index (Phi) is 6.22. The summed E-state index contributed by atoms with van der Waals surface area (Å²) in [7, 11) is 2.01. The van der Waals surface area contributed by atoms with E-state index < -0.39 is 0 Å². The molecule has 2 nitrogen and oxygen atoms in total. The molecule has 0 aliphatic rings. The van der Waals surface area contributed by atoms with E-state index in [9.17, 15) is 4.39 Å². The van der Waals surface area contributed by atoms with Crippen molar-refractivity contribution in [2.45, 2.75) is 32.7 Å². The Morgan fingerprint density at radius 3 is 2.67 bits per heavy atom. The molecule has 0 heterocycles. The Morgan fingerprint density at radius 1 is 1.39 bits per heavy atom. The fourth-order valence-electron chi connectivity index (χ4n) is 1.83.